The van der Waals surface area contributed by atoms with Gasteiger partial charge >= 0.3 is 6.03 Å². The zero-order valence-corrected chi connectivity index (χ0v) is 14.5. The van der Waals surface area contributed by atoms with E-state index in [1.54, 1.807) is 4.90 Å². The topological polar surface area (TPSA) is 55.9 Å². The van der Waals surface area contributed by atoms with Gasteiger partial charge in [-0.05, 0) is 25.0 Å². The molecule has 7 heteroatoms. The smallest absolute Gasteiger partial charge is 0.317 e. The van der Waals surface area contributed by atoms with E-state index in [9.17, 15) is 9.59 Å². The van der Waals surface area contributed by atoms with Crippen LogP contribution in [0.3, 0.4) is 0 Å². The fourth-order valence-electron chi connectivity index (χ4n) is 3.20. The zero-order valence-electron chi connectivity index (χ0n) is 13.7. The average molecular weight is 351 g/mol. The Hall–Kier alpha value is -1.95. The first-order valence-electron chi connectivity index (χ1n) is 8.45. The lowest BCUT2D eigenvalue weighted by molar-refractivity contribution is -0.129. The van der Waals surface area contributed by atoms with Crippen molar-refractivity contribution in [2.45, 2.75) is 12.8 Å². The molecule has 1 aromatic carbocycles. The van der Waals surface area contributed by atoms with Gasteiger partial charge in [0, 0.05) is 39.3 Å². The summed E-state index contributed by atoms with van der Waals surface area (Å²) >= 11 is 6.23. The Morgan fingerprint density at radius 2 is 1.62 bits per heavy atom. The summed E-state index contributed by atoms with van der Waals surface area (Å²) < 4.78 is 0. The van der Waals surface area contributed by atoms with E-state index in [4.69, 9.17) is 11.6 Å². The first-order chi connectivity index (χ1) is 11.6. The van der Waals surface area contributed by atoms with Gasteiger partial charge in [0.05, 0.1) is 17.3 Å². The molecule has 0 saturated carbocycles. The molecule has 1 N–H and O–H groups in total. The lowest BCUT2D eigenvalue weighted by Gasteiger charge is -2.36. The number of likely N-dealkylation sites (tertiary alicyclic amines) is 1. The molecular formula is C17H23ClN4O2. The minimum Gasteiger partial charge on any atom is -0.367 e. The Morgan fingerprint density at radius 1 is 0.958 bits per heavy atom. The highest BCUT2D eigenvalue weighted by Gasteiger charge is 2.23. The third kappa shape index (κ3) is 3.93. The van der Waals surface area contributed by atoms with Gasteiger partial charge in [-0.15, -0.1) is 0 Å². The molecular weight excluding hydrogens is 328 g/mol. The van der Waals surface area contributed by atoms with Crippen LogP contribution in [0.2, 0.25) is 5.02 Å². The van der Waals surface area contributed by atoms with E-state index in [0.717, 1.165) is 49.7 Å². The number of piperazine rings is 1. The number of nitrogens with zero attached hydrogens (tertiary/aromatic N) is 3. The maximum Gasteiger partial charge on any atom is 0.317 e. The van der Waals surface area contributed by atoms with Crippen molar-refractivity contribution in [3.8, 4) is 0 Å². The van der Waals surface area contributed by atoms with Crippen LogP contribution in [-0.4, -0.2) is 67.6 Å². The third-order valence-corrected chi connectivity index (χ3v) is 4.93. The summed E-state index contributed by atoms with van der Waals surface area (Å²) in [5, 5.41) is 3.47. The van der Waals surface area contributed by atoms with E-state index in [2.05, 4.69) is 10.2 Å². The molecule has 0 spiro atoms. The van der Waals surface area contributed by atoms with Gasteiger partial charge in [0.15, 0.2) is 0 Å². The van der Waals surface area contributed by atoms with Gasteiger partial charge in [-0.3, -0.25) is 4.79 Å². The lowest BCUT2D eigenvalue weighted by Crippen LogP contribution is -2.53. The van der Waals surface area contributed by atoms with E-state index in [1.807, 2.05) is 29.2 Å². The molecule has 3 rings (SSSR count). The van der Waals surface area contributed by atoms with Crippen LogP contribution in [0.25, 0.3) is 0 Å². The van der Waals surface area contributed by atoms with Crippen LogP contribution in [0.1, 0.15) is 12.8 Å². The second-order valence-corrected chi connectivity index (χ2v) is 6.58. The van der Waals surface area contributed by atoms with Gasteiger partial charge in [-0.1, -0.05) is 23.7 Å². The normalized spacial score (nSPS) is 18.0. The Morgan fingerprint density at radius 3 is 2.29 bits per heavy atom. The van der Waals surface area contributed by atoms with E-state index in [0.29, 0.717) is 13.1 Å². The van der Waals surface area contributed by atoms with Crippen molar-refractivity contribution < 1.29 is 9.59 Å². The van der Waals surface area contributed by atoms with Gasteiger partial charge < -0.3 is 20.0 Å². The minimum atomic E-state index is -0.165. The van der Waals surface area contributed by atoms with Crippen molar-refractivity contribution in [3.63, 3.8) is 0 Å². The van der Waals surface area contributed by atoms with Crippen LogP contribution < -0.4 is 10.2 Å². The molecule has 0 aromatic heterocycles. The SMILES string of the molecule is O=C(CNC(=O)N1CCN(c2ccccc2Cl)CC1)N1CCCC1. The van der Waals surface area contributed by atoms with Crippen molar-refractivity contribution in [3.05, 3.63) is 29.3 Å². The van der Waals surface area contributed by atoms with Crippen molar-refractivity contribution >= 4 is 29.2 Å². The molecule has 0 radical (unpaired) electrons. The van der Waals surface area contributed by atoms with Crippen LogP contribution in [0.15, 0.2) is 24.3 Å². The second-order valence-electron chi connectivity index (χ2n) is 6.17. The highest BCUT2D eigenvalue weighted by molar-refractivity contribution is 6.33. The molecule has 130 valence electrons. The molecule has 24 heavy (non-hydrogen) atoms. The highest BCUT2D eigenvalue weighted by Crippen LogP contribution is 2.25. The van der Waals surface area contributed by atoms with Crippen molar-refractivity contribution in [1.29, 1.82) is 0 Å². The second kappa shape index (κ2) is 7.75. The molecule has 3 amide bonds. The molecule has 0 aliphatic carbocycles. The predicted molar refractivity (Wildman–Crippen MR) is 94.5 cm³/mol. The van der Waals surface area contributed by atoms with Crippen LogP contribution >= 0.6 is 11.6 Å². The van der Waals surface area contributed by atoms with Crippen molar-refractivity contribution in [1.82, 2.24) is 15.1 Å². The maximum atomic E-state index is 12.2. The summed E-state index contributed by atoms with van der Waals surface area (Å²) in [6.45, 7) is 4.42. The average Bonchev–Trinajstić information content (AvgIpc) is 3.15. The van der Waals surface area contributed by atoms with Gasteiger partial charge in [-0.2, -0.15) is 0 Å². The number of urea groups is 1. The molecule has 1 aromatic rings. The summed E-state index contributed by atoms with van der Waals surface area (Å²) in [6, 6.07) is 7.57. The van der Waals surface area contributed by atoms with E-state index in [1.165, 1.54) is 0 Å². The molecule has 0 atom stereocenters. The number of halogens is 1. The summed E-state index contributed by atoms with van der Waals surface area (Å²) in [7, 11) is 0. The van der Waals surface area contributed by atoms with Crippen LogP contribution in [0.4, 0.5) is 10.5 Å². The van der Waals surface area contributed by atoms with Crippen molar-refractivity contribution in [2.24, 2.45) is 0 Å². The number of carbonyl (C=O) groups excluding carboxylic acids is 2. The molecule has 0 bridgehead atoms. The summed E-state index contributed by atoms with van der Waals surface area (Å²) in [4.78, 5) is 30.0. The van der Waals surface area contributed by atoms with Gasteiger partial charge in [0.2, 0.25) is 5.91 Å². The fraction of sp³-hybridized carbons (Fsp3) is 0.529. The molecule has 2 aliphatic rings. The maximum absolute atomic E-state index is 12.2. The Kier molecular flexibility index (Phi) is 5.45. The zero-order chi connectivity index (χ0) is 16.9. The number of anilines is 1. The van der Waals surface area contributed by atoms with E-state index >= 15 is 0 Å². The Labute approximate surface area is 147 Å². The first kappa shape index (κ1) is 16.9. The van der Waals surface area contributed by atoms with Gasteiger partial charge in [-0.25, -0.2) is 4.79 Å². The first-order valence-corrected chi connectivity index (χ1v) is 8.83. The number of amides is 3. The molecule has 2 fully saturated rings. The fourth-order valence-corrected chi connectivity index (χ4v) is 3.46. The minimum absolute atomic E-state index is 0.00977. The largest absolute Gasteiger partial charge is 0.367 e. The Balaban J connectivity index is 1.45. The lowest BCUT2D eigenvalue weighted by atomic mass is 10.2. The third-order valence-electron chi connectivity index (χ3n) is 4.61. The number of carbonyl (C=O) groups is 2. The van der Waals surface area contributed by atoms with Crippen molar-refractivity contribution in [2.75, 3.05) is 50.7 Å². The molecule has 2 saturated heterocycles. The van der Waals surface area contributed by atoms with E-state index in [-0.39, 0.29) is 18.5 Å². The standard InChI is InChI=1S/C17H23ClN4O2/c18-14-5-1-2-6-15(14)20-9-11-22(12-10-20)17(24)19-13-16(23)21-7-3-4-8-21/h1-2,5-6H,3-4,7-13H2,(H,19,24). The molecule has 2 aliphatic heterocycles. The number of para-hydroxylation sites is 1. The monoisotopic (exact) mass is 350 g/mol. The summed E-state index contributed by atoms with van der Waals surface area (Å²) in [5.74, 6) is 0.00977. The van der Waals surface area contributed by atoms with Crippen LogP contribution in [0.5, 0.6) is 0 Å². The number of nitrogens with one attached hydrogen (secondary N) is 1. The number of benzene rings is 1. The molecule has 6 nitrogen and oxygen atoms in total. The summed E-state index contributed by atoms with van der Waals surface area (Å²) in [5.41, 5.74) is 1.00. The molecule has 0 unspecified atom stereocenters. The highest BCUT2D eigenvalue weighted by atomic mass is 35.5. The quantitative estimate of drug-likeness (QED) is 0.904. The van der Waals surface area contributed by atoms with Gasteiger partial charge in [0.25, 0.3) is 0 Å². The Bertz CT molecular complexity index is 596. The summed E-state index contributed by atoms with van der Waals surface area (Å²) in [6.07, 6.45) is 2.12. The molecule has 2 heterocycles. The van der Waals surface area contributed by atoms with Crippen LogP contribution in [-0.2, 0) is 4.79 Å². The van der Waals surface area contributed by atoms with E-state index < -0.39 is 0 Å². The van der Waals surface area contributed by atoms with Crippen LogP contribution in [0, 0.1) is 0 Å². The predicted octanol–water partition coefficient (Wildman–Crippen LogP) is 1.79. The number of rotatable bonds is 3. The van der Waals surface area contributed by atoms with Gasteiger partial charge in [0.1, 0.15) is 0 Å². The number of hydrogen-bond acceptors (Lipinski definition) is 3. The number of hydrogen-bond donors (Lipinski definition) is 1.